The first-order valence-corrected chi connectivity index (χ1v) is 4.50. The van der Waals surface area contributed by atoms with Crippen molar-refractivity contribution in [1.29, 1.82) is 0 Å². The largest absolute Gasteiger partial charge is 0.493 e. The van der Waals surface area contributed by atoms with E-state index in [1.54, 1.807) is 0 Å². The van der Waals surface area contributed by atoms with E-state index in [9.17, 15) is 14.3 Å². The Hall–Kier alpha value is -2.24. The van der Waals surface area contributed by atoms with Crippen molar-refractivity contribution in [2.45, 2.75) is 6.92 Å². The van der Waals surface area contributed by atoms with Gasteiger partial charge < -0.3 is 10.1 Å². The Kier molecular flexibility index (Phi) is 2.40. The fourth-order valence-corrected chi connectivity index (χ4v) is 1.36. The van der Waals surface area contributed by atoms with Gasteiger partial charge in [0.25, 0.3) is 5.91 Å². The average Bonchev–Trinajstić information content (AvgIpc) is 2.51. The first-order valence-electron chi connectivity index (χ1n) is 4.50. The summed E-state index contributed by atoms with van der Waals surface area (Å²) in [5.74, 6) is -1.19. The van der Waals surface area contributed by atoms with Crippen LogP contribution in [0, 0.1) is 5.82 Å². The zero-order valence-electron chi connectivity index (χ0n) is 8.36. The zero-order chi connectivity index (χ0) is 11.7. The van der Waals surface area contributed by atoms with Gasteiger partial charge in [-0.25, -0.2) is 4.39 Å². The normalized spacial score (nSPS) is 11.4. The van der Waals surface area contributed by atoms with E-state index in [-0.39, 0.29) is 11.6 Å². The predicted molar refractivity (Wildman–Crippen MR) is 55.1 cm³/mol. The highest BCUT2D eigenvalue weighted by Crippen LogP contribution is 2.35. The van der Waals surface area contributed by atoms with Gasteiger partial charge in [-0.15, -0.1) is 10.2 Å². The van der Waals surface area contributed by atoms with Crippen molar-refractivity contribution in [1.82, 2.24) is 4.98 Å². The Balaban J connectivity index is 2.62. The van der Waals surface area contributed by atoms with Gasteiger partial charge in [0.2, 0.25) is 5.88 Å². The Morgan fingerprint density at radius 1 is 1.50 bits per heavy atom. The number of carbonyl (C=O) groups is 1. The molecular formula is C10H8FN3O2. The first-order chi connectivity index (χ1) is 7.58. The lowest BCUT2D eigenvalue weighted by atomic mass is 10.2. The van der Waals surface area contributed by atoms with Crippen LogP contribution in [0.5, 0.6) is 5.88 Å². The lowest BCUT2D eigenvalue weighted by Crippen LogP contribution is -1.77. The van der Waals surface area contributed by atoms with Gasteiger partial charge in [-0.3, -0.25) is 4.79 Å². The minimum atomic E-state index is -0.495. The van der Waals surface area contributed by atoms with E-state index in [4.69, 9.17) is 0 Å². The van der Waals surface area contributed by atoms with Gasteiger partial charge in [-0.1, -0.05) is 0 Å². The molecule has 0 aliphatic heterocycles. The van der Waals surface area contributed by atoms with Crippen LogP contribution in [-0.4, -0.2) is 16.0 Å². The van der Waals surface area contributed by atoms with Crippen molar-refractivity contribution in [3.05, 3.63) is 24.0 Å². The molecule has 2 rings (SSSR count). The fourth-order valence-electron chi connectivity index (χ4n) is 1.36. The van der Waals surface area contributed by atoms with Crippen molar-refractivity contribution in [3.63, 3.8) is 0 Å². The molecule has 0 bridgehead atoms. The van der Waals surface area contributed by atoms with Crippen molar-refractivity contribution < 1.29 is 14.3 Å². The number of nitrogens with zero attached hydrogens (tertiary/aromatic N) is 2. The van der Waals surface area contributed by atoms with Gasteiger partial charge in [0.15, 0.2) is 5.69 Å². The molecule has 0 atom stereocenters. The SMILES string of the molecule is CC(=O)N=Nc1c(O)[nH]c2ccc(F)cc12. The number of carbonyl (C=O) groups excluding carboxylic acids is 1. The number of aromatic nitrogens is 1. The van der Waals surface area contributed by atoms with Crippen molar-refractivity contribution in [3.8, 4) is 5.88 Å². The van der Waals surface area contributed by atoms with Gasteiger partial charge in [0, 0.05) is 12.3 Å². The smallest absolute Gasteiger partial charge is 0.261 e. The van der Waals surface area contributed by atoms with Crippen LogP contribution in [0.3, 0.4) is 0 Å². The molecular weight excluding hydrogens is 213 g/mol. The Labute approximate surface area is 89.6 Å². The highest BCUT2D eigenvalue weighted by atomic mass is 19.1. The number of hydrogen-bond donors (Lipinski definition) is 2. The second kappa shape index (κ2) is 3.73. The number of aromatic amines is 1. The average molecular weight is 221 g/mol. The van der Waals surface area contributed by atoms with E-state index < -0.39 is 11.7 Å². The van der Waals surface area contributed by atoms with Crippen LogP contribution < -0.4 is 0 Å². The Morgan fingerprint density at radius 2 is 2.25 bits per heavy atom. The summed E-state index contributed by atoms with van der Waals surface area (Å²) in [6.45, 7) is 1.23. The highest BCUT2D eigenvalue weighted by Gasteiger charge is 2.11. The number of aromatic hydroxyl groups is 1. The number of amides is 1. The number of rotatable bonds is 1. The molecule has 2 N–H and O–H groups in total. The van der Waals surface area contributed by atoms with Crippen molar-refractivity contribution >= 4 is 22.5 Å². The molecule has 0 fully saturated rings. The summed E-state index contributed by atoms with van der Waals surface area (Å²) < 4.78 is 13.0. The molecule has 1 aromatic carbocycles. The number of hydrogen-bond acceptors (Lipinski definition) is 3. The third-order valence-electron chi connectivity index (χ3n) is 2.00. The lowest BCUT2D eigenvalue weighted by molar-refractivity contribution is -0.116. The summed E-state index contributed by atoms with van der Waals surface area (Å²) >= 11 is 0. The minimum absolute atomic E-state index is 0.0599. The fraction of sp³-hybridized carbons (Fsp3) is 0.100. The number of nitrogens with one attached hydrogen (secondary N) is 1. The summed E-state index contributed by atoms with van der Waals surface area (Å²) in [6.07, 6.45) is 0. The van der Waals surface area contributed by atoms with E-state index in [1.807, 2.05) is 0 Å². The molecule has 2 aromatic rings. The molecule has 0 aliphatic carbocycles. The molecule has 0 saturated heterocycles. The third-order valence-corrected chi connectivity index (χ3v) is 2.00. The van der Waals surface area contributed by atoms with Gasteiger partial charge in [0.1, 0.15) is 5.82 Å². The summed E-state index contributed by atoms with van der Waals surface area (Å²) in [5, 5.41) is 16.7. The number of fused-ring (bicyclic) bond motifs is 1. The summed E-state index contributed by atoms with van der Waals surface area (Å²) in [5.41, 5.74) is 0.584. The van der Waals surface area contributed by atoms with Gasteiger partial charge in [-0.05, 0) is 18.2 Å². The third kappa shape index (κ3) is 1.77. The maximum absolute atomic E-state index is 13.0. The number of benzene rings is 1. The van der Waals surface area contributed by atoms with Crippen LogP contribution >= 0.6 is 0 Å². The summed E-state index contributed by atoms with van der Waals surface area (Å²) in [7, 11) is 0. The summed E-state index contributed by atoms with van der Waals surface area (Å²) in [6, 6.07) is 3.93. The van der Waals surface area contributed by atoms with Crippen molar-refractivity contribution in [2.75, 3.05) is 0 Å². The standard InChI is InChI=1S/C10H8FN3O2/c1-5(15)13-14-9-7-4-6(11)2-3-8(7)12-10(9)16/h2-4,12,16H,1H3. The molecule has 1 aromatic heterocycles. The molecule has 6 heteroatoms. The van der Waals surface area contributed by atoms with Crippen LogP contribution in [0.4, 0.5) is 10.1 Å². The lowest BCUT2D eigenvalue weighted by Gasteiger charge is -1.91. The topological polar surface area (TPSA) is 77.8 Å². The molecule has 0 unspecified atom stereocenters. The maximum Gasteiger partial charge on any atom is 0.261 e. The van der Waals surface area contributed by atoms with Gasteiger partial charge in [0.05, 0.1) is 5.52 Å². The number of halogens is 1. The molecule has 0 aliphatic rings. The van der Waals surface area contributed by atoms with E-state index in [2.05, 4.69) is 15.2 Å². The molecule has 16 heavy (non-hydrogen) atoms. The zero-order valence-corrected chi connectivity index (χ0v) is 8.36. The molecule has 1 heterocycles. The van der Waals surface area contributed by atoms with Gasteiger partial charge in [-0.2, -0.15) is 0 Å². The van der Waals surface area contributed by atoms with E-state index in [1.165, 1.54) is 25.1 Å². The monoisotopic (exact) mass is 221 g/mol. The molecule has 5 nitrogen and oxygen atoms in total. The Morgan fingerprint density at radius 3 is 2.94 bits per heavy atom. The van der Waals surface area contributed by atoms with Crippen molar-refractivity contribution in [2.24, 2.45) is 10.2 Å². The Bertz CT molecular complexity index is 589. The quantitative estimate of drug-likeness (QED) is 0.726. The van der Waals surface area contributed by atoms with Crippen LogP contribution in [0.2, 0.25) is 0 Å². The molecule has 0 spiro atoms. The predicted octanol–water partition coefficient (Wildman–Crippen LogP) is 2.64. The second-order valence-electron chi connectivity index (χ2n) is 3.23. The van der Waals surface area contributed by atoms with Crippen LogP contribution in [0.1, 0.15) is 6.92 Å². The number of azo groups is 1. The molecule has 1 amide bonds. The second-order valence-corrected chi connectivity index (χ2v) is 3.23. The van der Waals surface area contributed by atoms with E-state index in [0.717, 1.165) is 0 Å². The van der Waals surface area contributed by atoms with Gasteiger partial charge >= 0.3 is 0 Å². The van der Waals surface area contributed by atoms with E-state index >= 15 is 0 Å². The highest BCUT2D eigenvalue weighted by molar-refractivity contribution is 5.94. The maximum atomic E-state index is 13.0. The minimum Gasteiger partial charge on any atom is -0.493 e. The van der Waals surface area contributed by atoms with Crippen LogP contribution in [0.15, 0.2) is 28.4 Å². The first kappa shape index (κ1) is 10.3. The molecule has 0 radical (unpaired) electrons. The molecule has 82 valence electrons. The van der Waals surface area contributed by atoms with Crippen LogP contribution in [0.25, 0.3) is 10.9 Å². The molecule has 0 saturated carbocycles. The summed E-state index contributed by atoms with van der Waals surface area (Å²) in [4.78, 5) is 13.2. The van der Waals surface area contributed by atoms with E-state index in [0.29, 0.717) is 10.9 Å². The van der Waals surface area contributed by atoms with Crippen LogP contribution in [-0.2, 0) is 4.79 Å². The number of H-pyrrole nitrogens is 1.